The van der Waals surface area contributed by atoms with E-state index in [1.165, 1.54) is 5.56 Å². The number of hydrogen-bond acceptors (Lipinski definition) is 2. The van der Waals surface area contributed by atoms with Gasteiger partial charge in [0.25, 0.3) is 0 Å². The van der Waals surface area contributed by atoms with E-state index in [9.17, 15) is 0 Å². The topological polar surface area (TPSA) is 52.0 Å². The van der Waals surface area contributed by atoms with Crippen LogP contribution in [0.4, 0.5) is 0 Å². The maximum atomic E-state index is 5.97. The summed E-state index contributed by atoms with van der Waals surface area (Å²) in [6.07, 6.45) is 1.94. The summed E-state index contributed by atoms with van der Waals surface area (Å²) in [4.78, 5) is 0. The zero-order valence-corrected chi connectivity index (χ0v) is 9.03. The highest BCUT2D eigenvalue weighted by molar-refractivity contribution is 5.15. The Hall–Kier alpha value is -0.860. The Morgan fingerprint density at radius 3 is 2.29 bits per heavy atom. The van der Waals surface area contributed by atoms with Gasteiger partial charge in [0.2, 0.25) is 0 Å². The van der Waals surface area contributed by atoms with Crippen LogP contribution in [0.25, 0.3) is 0 Å². The van der Waals surface area contributed by atoms with Gasteiger partial charge in [-0.1, -0.05) is 30.3 Å². The van der Waals surface area contributed by atoms with Crippen molar-refractivity contribution in [3.05, 3.63) is 35.9 Å². The maximum Gasteiger partial charge on any atom is 0.0250 e. The van der Waals surface area contributed by atoms with Crippen LogP contribution in [-0.2, 0) is 6.42 Å². The third kappa shape index (κ3) is 3.48. The Bertz CT molecular complexity index is 261. The molecule has 1 unspecified atom stereocenters. The van der Waals surface area contributed by atoms with Crippen molar-refractivity contribution >= 4 is 0 Å². The van der Waals surface area contributed by atoms with Gasteiger partial charge in [-0.15, -0.1) is 0 Å². The Labute approximate surface area is 86.3 Å². The minimum atomic E-state index is -0.283. The summed E-state index contributed by atoms with van der Waals surface area (Å²) in [6.45, 7) is 3.95. The molecule has 2 nitrogen and oxygen atoms in total. The van der Waals surface area contributed by atoms with Crippen molar-refractivity contribution < 1.29 is 0 Å². The van der Waals surface area contributed by atoms with Gasteiger partial charge >= 0.3 is 0 Å². The lowest BCUT2D eigenvalue weighted by atomic mass is 9.91. The van der Waals surface area contributed by atoms with Crippen molar-refractivity contribution in [3.63, 3.8) is 0 Å². The van der Waals surface area contributed by atoms with Crippen molar-refractivity contribution in [1.82, 2.24) is 0 Å². The molecule has 0 aliphatic heterocycles. The molecule has 78 valence electrons. The van der Waals surface area contributed by atoms with Crippen LogP contribution in [0.3, 0.4) is 0 Å². The van der Waals surface area contributed by atoms with Gasteiger partial charge < -0.3 is 11.5 Å². The van der Waals surface area contributed by atoms with Crippen LogP contribution in [0.1, 0.15) is 25.8 Å². The van der Waals surface area contributed by atoms with Gasteiger partial charge in [-0.05, 0) is 32.3 Å². The quantitative estimate of drug-likeness (QED) is 0.762. The fourth-order valence-corrected chi connectivity index (χ4v) is 1.34. The van der Waals surface area contributed by atoms with Gasteiger partial charge in [-0.2, -0.15) is 0 Å². The first kappa shape index (κ1) is 11.2. The molecular formula is C12H20N2. The van der Waals surface area contributed by atoms with Crippen LogP contribution in [-0.4, -0.2) is 11.6 Å². The molecule has 1 atom stereocenters. The second-order valence-corrected chi connectivity index (χ2v) is 4.45. The maximum absolute atomic E-state index is 5.97. The summed E-state index contributed by atoms with van der Waals surface area (Å²) in [5.41, 5.74) is 12.9. The molecule has 0 radical (unpaired) electrons. The predicted octanol–water partition coefficient (Wildman–Crippen LogP) is 1.68. The first-order valence-corrected chi connectivity index (χ1v) is 5.08. The predicted molar refractivity (Wildman–Crippen MR) is 61.0 cm³/mol. The van der Waals surface area contributed by atoms with E-state index in [0.29, 0.717) is 0 Å². The second kappa shape index (κ2) is 4.58. The summed E-state index contributed by atoms with van der Waals surface area (Å²) in [7, 11) is 0. The van der Waals surface area contributed by atoms with E-state index in [0.717, 1.165) is 12.8 Å². The fourth-order valence-electron chi connectivity index (χ4n) is 1.34. The summed E-state index contributed by atoms with van der Waals surface area (Å²) in [5, 5.41) is 0. The van der Waals surface area contributed by atoms with Crippen molar-refractivity contribution in [3.8, 4) is 0 Å². The average molecular weight is 192 g/mol. The summed E-state index contributed by atoms with van der Waals surface area (Å²) in [5.74, 6) is 0. The highest BCUT2D eigenvalue weighted by atomic mass is 14.8. The summed E-state index contributed by atoms with van der Waals surface area (Å²) < 4.78 is 0. The zero-order chi connectivity index (χ0) is 10.6. The first-order chi connectivity index (χ1) is 6.50. The standard InChI is InChI=1S/C12H20N2/c1-12(2,14)11(13)9-8-10-6-4-3-5-7-10/h3-7,11H,8-9,13-14H2,1-2H3. The van der Waals surface area contributed by atoms with Gasteiger partial charge in [0, 0.05) is 11.6 Å². The Morgan fingerprint density at radius 2 is 1.79 bits per heavy atom. The molecule has 0 heterocycles. The van der Waals surface area contributed by atoms with Crippen LogP contribution in [0.15, 0.2) is 30.3 Å². The molecule has 14 heavy (non-hydrogen) atoms. The lowest BCUT2D eigenvalue weighted by Gasteiger charge is -2.26. The number of hydrogen-bond donors (Lipinski definition) is 2. The molecule has 1 aromatic rings. The van der Waals surface area contributed by atoms with Crippen LogP contribution in [0.5, 0.6) is 0 Å². The van der Waals surface area contributed by atoms with E-state index in [-0.39, 0.29) is 11.6 Å². The SMILES string of the molecule is CC(C)(N)C(N)CCc1ccccc1. The molecule has 0 saturated carbocycles. The summed E-state index contributed by atoms with van der Waals surface area (Å²) in [6, 6.07) is 10.4. The van der Waals surface area contributed by atoms with Crippen LogP contribution in [0.2, 0.25) is 0 Å². The third-order valence-electron chi connectivity index (χ3n) is 2.54. The lowest BCUT2D eigenvalue weighted by molar-refractivity contribution is 0.389. The third-order valence-corrected chi connectivity index (χ3v) is 2.54. The molecule has 0 bridgehead atoms. The summed E-state index contributed by atoms with van der Waals surface area (Å²) >= 11 is 0. The minimum absolute atomic E-state index is 0.0581. The Kier molecular flexibility index (Phi) is 3.67. The van der Waals surface area contributed by atoms with Crippen molar-refractivity contribution in [2.45, 2.75) is 38.3 Å². The molecule has 1 rings (SSSR count). The van der Waals surface area contributed by atoms with Gasteiger partial charge in [0.05, 0.1) is 0 Å². The van der Waals surface area contributed by atoms with Crippen molar-refractivity contribution in [1.29, 1.82) is 0 Å². The van der Waals surface area contributed by atoms with Gasteiger partial charge in [-0.25, -0.2) is 0 Å². The molecule has 2 heteroatoms. The molecule has 0 spiro atoms. The van der Waals surface area contributed by atoms with Gasteiger partial charge in [0.15, 0.2) is 0 Å². The number of benzene rings is 1. The van der Waals surface area contributed by atoms with Gasteiger partial charge in [0.1, 0.15) is 0 Å². The molecule has 0 fully saturated rings. The minimum Gasteiger partial charge on any atom is -0.326 e. The van der Waals surface area contributed by atoms with E-state index >= 15 is 0 Å². The lowest BCUT2D eigenvalue weighted by Crippen LogP contribution is -2.50. The van der Waals surface area contributed by atoms with E-state index in [1.54, 1.807) is 0 Å². The zero-order valence-electron chi connectivity index (χ0n) is 9.03. The molecule has 4 N–H and O–H groups in total. The molecule has 0 aromatic heterocycles. The van der Waals surface area contributed by atoms with Crippen LogP contribution >= 0.6 is 0 Å². The first-order valence-electron chi connectivity index (χ1n) is 5.08. The van der Waals surface area contributed by atoms with Crippen molar-refractivity contribution in [2.75, 3.05) is 0 Å². The normalized spacial score (nSPS) is 14.0. The average Bonchev–Trinajstić information content (AvgIpc) is 2.14. The van der Waals surface area contributed by atoms with Gasteiger partial charge in [-0.3, -0.25) is 0 Å². The molecule has 1 aromatic carbocycles. The Balaban J connectivity index is 2.42. The van der Waals surface area contributed by atoms with Crippen LogP contribution < -0.4 is 11.5 Å². The molecule has 0 aliphatic rings. The smallest absolute Gasteiger partial charge is 0.0250 e. The molecule has 0 amide bonds. The van der Waals surface area contributed by atoms with E-state index in [4.69, 9.17) is 11.5 Å². The molecule has 0 saturated heterocycles. The fraction of sp³-hybridized carbons (Fsp3) is 0.500. The van der Waals surface area contributed by atoms with E-state index in [1.807, 2.05) is 19.9 Å². The second-order valence-electron chi connectivity index (χ2n) is 4.45. The number of rotatable bonds is 4. The Morgan fingerprint density at radius 1 is 1.21 bits per heavy atom. The highest BCUT2D eigenvalue weighted by Crippen LogP contribution is 2.10. The number of aryl methyl sites for hydroxylation is 1. The molecule has 0 aliphatic carbocycles. The number of nitrogens with two attached hydrogens (primary N) is 2. The van der Waals surface area contributed by atoms with E-state index in [2.05, 4.69) is 24.3 Å². The van der Waals surface area contributed by atoms with Crippen molar-refractivity contribution in [2.24, 2.45) is 11.5 Å². The molecular weight excluding hydrogens is 172 g/mol. The monoisotopic (exact) mass is 192 g/mol. The largest absolute Gasteiger partial charge is 0.326 e. The van der Waals surface area contributed by atoms with Crippen LogP contribution in [0, 0.1) is 0 Å². The van der Waals surface area contributed by atoms with E-state index < -0.39 is 0 Å². The highest BCUT2D eigenvalue weighted by Gasteiger charge is 2.20.